The monoisotopic (exact) mass is 227 g/mol. The Hall–Kier alpha value is -0.570. The van der Waals surface area contributed by atoms with Crippen LogP contribution in [0.2, 0.25) is 0 Å². The molecule has 1 N–H and O–H groups in total. The van der Waals surface area contributed by atoms with Crippen molar-refractivity contribution < 1.29 is 9.90 Å². The topological polar surface area (TPSA) is 40.5 Å². The summed E-state index contributed by atoms with van der Waals surface area (Å²) in [6, 6.07) is 0. The number of aliphatic carboxylic acids is 1. The average molecular weight is 227 g/mol. The van der Waals surface area contributed by atoms with Gasteiger partial charge in [0.1, 0.15) is 0 Å². The first-order valence-electron chi connectivity index (χ1n) is 6.54. The molecule has 1 atom stereocenters. The Labute approximate surface area is 98.8 Å². The molecule has 0 bridgehead atoms. The van der Waals surface area contributed by atoms with Gasteiger partial charge in [0.05, 0.1) is 5.92 Å². The van der Waals surface area contributed by atoms with Crippen molar-refractivity contribution >= 4 is 5.97 Å². The van der Waals surface area contributed by atoms with Gasteiger partial charge in [-0.3, -0.25) is 4.79 Å². The maximum atomic E-state index is 11.2. The first kappa shape index (κ1) is 13.5. The minimum absolute atomic E-state index is 0.182. The molecule has 1 rings (SSSR count). The summed E-state index contributed by atoms with van der Waals surface area (Å²) < 4.78 is 0. The van der Waals surface area contributed by atoms with Crippen LogP contribution >= 0.6 is 0 Å². The van der Waals surface area contributed by atoms with Gasteiger partial charge in [-0.2, -0.15) is 0 Å². The quantitative estimate of drug-likeness (QED) is 0.785. The van der Waals surface area contributed by atoms with E-state index in [2.05, 4.69) is 18.7 Å². The van der Waals surface area contributed by atoms with E-state index in [4.69, 9.17) is 0 Å². The van der Waals surface area contributed by atoms with Crippen molar-refractivity contribution in [2.75, 3.05) is 19.6 Å². The lowest BCUT2D eigenvalue weighted by Crippen LogP contribution is -2.34. The standard InChI is InChI=1S/C13H25NO2/c1-11(2)9-12(13(15)16)10-14-7-5-3-4-6-8-14/h11-12H,3-10H2,1-2H3,(H,15,16). The highest BCUT2D eigenvalue weighted by molar-refractivity contribution is 5.70. The Bertz CT molecular complexity index is 208. The van der Waals surface area contributed by atoms with Gasteiger partial charge in [0.2, 0.25) is 0 Å². The predicted octanol–water partition coefficient (Wildman–Crippen LogP) is 2.61. The normalized spacial score (nSPS) is 20.7. The van der Waals surface area contributed by atoms with E-state index in [-0.39, 0.29) is 5.92 Å². The fourth-order valence-electron chi connectivity index (χ4n) is 2.45. The Balaban J connectivity index is 2.42. The van der Waals surface area contributed by atoms with Crippen LogP contribution in [-0.2, 0) is 4.79 Å². The zero-order valence-electron chi connectivity index (χ0n) is 10.6. The number of likely N-dealkylation sites (tertiary alicyclic amines) is 1. The SMILES string of the molecule is CC(C)CC(CN1CCCCCC1)C(=O)O. The van der Waals surface area contributed by atoms with E-state index in [1.807, 2.05) is 0 Å². The molecule has 1 heterocycles. The third-order valence-corrected chi connectivity index (χ3v) is 3.28. The summed E-state index contributed by atoms with van der Waals surface area (Å²) in [5.74, 6) is -0.343. The summed E-state index contributed by atoms with van der Waals surface area (Å²) in [5, 5.41) is 9.20. The fraction of sp³-hybridized carbons (Fsp3) is 0.923. The van der Waals surface area contributed by atoms with E-state index in [1.165, 1.54) is 25.7 Å². The number of carbonyl (C=O) groups is 1. The van der Waals surface area contributed by atoms with Gasteiger partial charge in [-0.1, -0.05) is 26.7 Å². The van der Waals surface area contributed by atoms with Crippen molar-refractivity contribution in [3.05, 3.63) is 0 Å². The second kappa shape index (κ2) is 6.89. The highest BCUT2D eigenvalue weighted by atomic mass is 16.4. The number of rotatable bonds is 5. The maximum Gasteiger partial charge on any atom is 0.307 e. The molecule has 1 saturated heterocycles. The summed E-state index contributed by atoms with van der Waals surface area (Å²) in [6.45, 7) is 7.11. The van der Waals surface area contributed by atoms with Crippen LogP contribution in [0.15, 0.2) is 0 Å². The molecular weight excluding hydrogens is 202 g/mol. The lowest BCUT2D eigenvalue weighted by atomic mass is 9.96. The summed E-state index contributed by atoms with van der Waals surface area (Å²) in [6.07, 6.45) is 5.87. The largest absolute Gasteiger partial charge is 0.481 e. The van der Waals surface area contributed by atoms with Crippen molar-refractivity contribution in [2.24, 2.45) is 11.8 Å². The van der Waals surface area contributed by atoms with E-state index < -0.39 is 5.97 Å². The molecular formula is C13H25NO2. The predicted molar refractivity (Wildman–Crippen MR) is 65.5 cm³/mol. The Kier molecular flexibility index (Phi) is 5.81. The molecule has 3 heteroatoms. The first-order valence-corrected chi connectivity index (χ1v) is 6.54. The van der Waals surface area contributed by atoms with Crippen LogP contribution in [0.4, 0.5) is 0 Å². The van der Waals surface area contributed by atoms with E-state index >= 15 is 0 Å². The Morgan fingerprint density at radius 1 is 1.19 bits per heavy atom. The van der Waals surface area contributed by atoms with Crippen LogP contribution in [0.1, 0.15) is 46.0 Å². The zero-order valence-corrected chi connectivity index (χ0v) is 10.6. The highest BCUT2D eigenvalue weighted by Crippen LogP contribution is 2.16. The Morgan fingerprint density at radius 2 is 1.75 bits per heavy atom. The molecule has 0 spiro atoms. The highest BCUT2D eigenvalue weighted by Gasteiger charge is 2.22. The smallest absolute Gasteiger partial charge is 0.307 e. The van der Waals surface area contributed by atoms with Crippen LogP contribution in [-0.4, -0.2) is 35.6 Å². The second-order valence-electron chi connectivity index (χ2n) is 5.38. The lowest BCUT2D eigenvalue weighted by molar-refractivity contribution is -0.143. The fourth-order valence-corrected chi connectivity index (χ4v) is 2.45. The molecule has 1 aliphatic heterocycles. The van der Waals surface area contributed by atoms with Gasteiger partial charge in [-0.05, 0) is 38.3 Å². The van der Waals surface area contributed by atoms with Gasteiger partial charge >= 0.3 is 5.97 Å². The van der Waals surface area contributed by atoms with E-state index in [1.54, 1.807) is 0 Å². The van der Waals surface area contributed by atoms with Crippen molar-refractivity contribution in [3.63, 3.8) is 0 Å². The molecule has 94 valence electrons. The van der Waals surface area contributed by atoms with Gasteiger partial charge in [0, 0.05) is 6.54 Å². The van der Waals surface area contributed by atoms with Crippen LogP contribution in [0.25, 0.3) is 0 Å². The molecule has 0 amide bonds. The minimum atomic E-state index is -0.627. The third kappa shape index (κ3) is 4.97. The summed E-state index contributed by atoms with van der Waals surface area (Å²) in [7, 11) is 0. The van der Waals surface area contributed by atoms with E-state index in [0.717, 1.165) is 26.1 Å². The zero-order chi connectivity index (χ0) is 12.0. The number of nitrogens with zero attached hydrogens (tertiary/aromatic N) is 1. The molecule has 0 aromatic rings. The molecule has 1 unspecified atom stereocenters. The molecule has 0 aliphatic carbocycles. The van der Waals surface area contributed by atoms with Crippen molar-refractivity contribution in [2.45, 2.75) is 46.0 Å². The van der Waals surface area contributed by atoms with Crippen LogP contribution in [0.5, 0.6) is 0 Å². The van der Waals surface area contributed by atoms with Crippen LogP contribution in [0.3, 0.4) is 0 Å². The average Bonchev–Trinajstić information content (AvgIpc) is 2.44. The molecule has 0 saturated carbocycles. The molecule has 1 fully saturated rings. The van der Waals surface area contributed by atoms with Gasteiger partial charge < -0.3 is 10.0 Å². The van der Waals surface area contributed by atoms with Gasteiger partial charge in [0.25, 0.3) is 0 Å². The Morgan fingerprint density at radius 3 is 2.19 bits per heavy atom. The summed E-state index contributed by atoms with van der Waals surface area (Å²) in [5.41, 5.74) is 0. The van der Waals surface area contributed by atoms with Crippen molar-refractivity contribution in [1.29, 1.82) is 0 Å². The van der Waals surface area contributed by atoms with Crippen LogP contribution in [0, 0.1) is 11.8 Å². The van der Waals surface area contributed by atoms with Gasteiger partial charge in [-0.15, -0.1) is 0 Å². The molecule has 16 heavy (non-hydrogen) atoms. The third-order valence-electron chi connectivity index (χ3n) is 3.28. The second-order valence-corrected chi connectivity index (χ2v) is 5.38. The van der Waals surface area contributed by atoms with Gasteiger partial charge in [-0.25, -0.2) is 0 Å². The van der Waals surface area contributed by atoms with Gasteiger partial charge in [0.15, 0.2) is 0 Å². The van der Waals surface area contributed by atoms with Crippen molar-refractivity contribution in [3.8, 4) is 0 Å². The summed E-state index contributed by atoms with van der Waals surface area (Å²) in [4.78, 5) is 13.5. The van der Waals surface area contributed by atoms with Crippen molar-refractivity contribution in [1.82, 2.24) is 4.90 Å². The van der Waals surface area contributed by atoms with Crippen LogP contribution < -0.4 is 0 Å². The summed E-state index contributed by atoms with van der Waals surface area (Å²) >= 11 is 0. The van der Waals surface area contributed by atoms with E-state index in [0.29, 0.717) is 5.92 Å². The minimum Gasteiger partial charge on any atom is -0.481 e. The maximum absolute atomic E-state index is 11.2. The number of carboxylic acids is 1. The number of hydrogen-bond acceptors (Lipinski definition) is 2. The molecule has 0 aromatic carbocycles. The molecule has 0 radical (unpaired) electrons. The van der Waals surface area contributed by atoms with E-state index in [9.17, 15) is 9.90 Å². The molecule has 1 aliphatic rings. The number of hydrogen-bond donors (Lipinski definition) is 1. The number of carboxylic acid groups (broad SMARTS) is 1. The first-order chi connectivity index (χ1) is 7.59. The molecule has 0 aromatic heterocycles. The lowest BCUT2D eigenvalue weighted by Gasteiger charge is -2.24. The molecule has 3 nitrogen and oxygen atoms in total.